The minimum Gasteiger partial charge on any atom is -0.341 e. The normalized spacial score (nSPS) is 20.9. The fourth-order valence-corrected chi connectivity index (χ4v) is 2.96. The summed E-state index contributed by atoms with van der Waals surface area (Å²) in [6.45, 7) is 6.49. The van der Waals surface area contributed by atoms with E-state index >= 15 is 0 Å². The quantitative estimate of drug-likeness (QED) is 0.872. The molecule has 0 bridgehead atoms. The van der Waals surface area contributed by atoms with Crippen LogP contribution in [-0.4, -0.2) is 23.1 Å². The molecule has 1 atom stereocenters. The van der Waals surface area contributed by atoms with Crippen LogP contribution in [0.3, 0.4) is 0 Å². The number of piperidine rings is 1. The lowest BCUT2D eigenvalue weighted by molar-refractivity contribution is 0.243. The molecule has 1 saturated heterocycles. The zero-order valence-electron chi connectivity index (χ0n) is 11.5. The number of aromatic amines is 1. The second-order valence-electron chi connectivity index (χ2n) is 5.99. The molecular formula is C15H20FN3. The fraction of sp³-hybridized carbons (Fsp3) is 0.533. The van der Waals surface area contributed by atoms with Gasteiger partial charge in [-0.25, -0.2) is 9.37 Å². The first-order valence-electron chi connectivity index (χ1n) is 6.94. The summed E-state index contributed by atoms with van der Waals surface area (Å²) in [5.74, 6) is 1.17. The summed E-state index contributed by atoms with van der Waals surface area (Å²) in [6, 6.07) is 5.06. The number of hydrogen-bond acceptors (Lipinski definition) is 2. The summed E-state index contributed by atoms with van der Waals surface area (Å²) in [6.07, 6.45) is 2.39. The molecule has 0 amide bonds. The van der Waals surface area contributed by atoms with Crippen molar-refractivity contribution in [3.05, 3.63) is 29.8 Å². The van der Waals surface area contributed by atoms with E-state index in [2.05, 4.69) is 29.1 Å². The number of para-hydroxylation sites is 1. The van der Waals surface area contributed by atoms with Gasteiger partial charge in [-0.15, -0.1) is 0 Å². The Balaban J connectivity index is 2.00. The van der Waals surface area contributed by atoms with Crippen molar-refractivity contribution in [1.82, 2.24) is 15.3 Å². The average molecular weight is 261 g/mol. The summed E-state index contributed by atoms with van der Waals surface area (Å²) >= 11 is 0. The lowest BCUT2D eigenvalue weighted by Gasteiger charge is -2.35. The molecule has 19 heavy (non-hydrogen) atoms. The molecule has 102 valence electrons. The first-order chi connectivity index (χ1) is 9.09. The van der Waals surface area contributed by atoms with Crippen LogP contribution in [0, 0.1) is 11.7 Å². The van der Waals surface area contributed by atoms with Crippen molar-refractivity contribution < 1.29 is 4.39 Å². The molecule has 2 N–H and O–H groups in total. The minimum atomic E-state index is -0.252. The van der Waals surface area contributed by atoms with E-state index in [1.54, 1.807) is 6.07 Å². The van der Waals surface area contributed by atoms with E-state index in [1.807, 2.05) is 6.07 Å². The van der Waals surface area contributed by atoms with E-state index in [1.165, 1.54) is 18.9 Å². The standard InChI is InChI=1S/C15H20FN3/c1-15(2,10-5-4-8-17-9-10)14-18-12-7-3-6-11(16)13(12)19-14/h3,6-7,10,17H,4-5,8-9H2,1-2H3,(H,18,19). The predicted molar refractivity (Wildman–Crippen MR) is 74.7 cm³/mol. The average Bonchev–Trinajstić information content (AvgIpc) is 2.86. The van der Waals surface area contributed by atoms with E-state index in [0.29, 0.717) is 11.4 Å². The summed E-state index contributed by atoms with van der Waals surface area (Å²) in [4.78, 5) is 7.80. The zero-order chi connectivity index (χ0) is 13.5. The van der Waals surface area contributed by atoms with Crippen molar-refractivity contribution in [3.63, 3.8) is 0 Å². The van der Waals surface area contributed by atoms with Crippen LogP contribution in [0.25, 0.3) is 11.0 Å². The first-order valence-corrected chi connectivity index (χ1v) is 6.94. The van der Waals surface area contributed by atoms with Gasteiger partial charge in [0.15, 0.2) is 5.82 Å². The maximum atomic E-state index is 13.7. The van der Waals surface area contributed by atoms with Crippen LogP contribution in [0.5, 0.6) is 0 Å². The molecule has 1 fully saturated rings. The Morgan fingerprint density at radius 2 is 2.21 bits per heavy atom. The van der Waals surface area contributed by atoms with Crippen LogP contribution in [0.1, 0.15) is 32.5 Å². The largest absolute Gasteiger partial charge is 0.341 e. The molecule has 1 aliphatic heterocycles. The Kier molecular flexibility index (Phi) is 3.05. The van der Waals surface area contributed by atoms with E-state index < -0.39 is 0 Å². The number of benzene rings is 1. The number of rotatable bonds is 2. The Labute approximate surface area is 112 Å². The molecule has 3 nitrogen and oxygen atoms in total. The molecule has 3 rings (SSSR count). The number of nitrogens with one attached hydrogen (secondary N) is 2. The number of imidazole rings is 1. The van der Waals surface area contributed by atoms with Gasteiger partial charge in [0.1, 0.15) is 11.3 Å². The maximum Gasteiger partial charge on any atom is 0.151 e. The maximum absolute atomic E-state index is 13.7. The molecule has 2 aromatic rings. The molecule has 2 heterocycles. The Bertz CT molecular complexity index is 582. The van der Waals surface area contributed by atoms with Crippen molar-refractivity contribution in [2.45, 2.75) is 32.1 Å². The first kappa shape index (κ1) is 12.6. The number of hydrogen-bond donors (Lipinski definition) is 2. The smallest absolute Gasteiger partial charge is 0.151 e. The molecule has 0 spiro atoms. The van der Waals surface area contributed by atoms with E-state index in [0.717, 1.165) is 24.4 Å². The van der Waals surface area contributed by atoms with Gasteiger partial charge in [-0.05, 0) is 44.0 Å². The van der Waals surface area contributed by atoms with Crippen molar-refractivity contribution in [1.29, 1.82) is 0 Å². The van der Waals surface area contributed by atoms with Gasteiger partial charge in [-0.2, -0.15) is 0 Å². The highest BCUT2D eigenvalue weighted by molar-refractivity contribution is 5.75. The van der Waals surface area contributed by atoms with Crippen molar-refractivity contribution in [2.75, 3.05) is 13.1 Å². The third-order valence-corrected chi connectivity index (χ3v) is 4.39. The molecule has 0 aliphatic carbocycles. The van der Waals surface area contributed by atoms with Crippen molar-refractivity contribution in [2.24, 2.45) is 5.92 Å². The number of fused-ring (bicyclic) bond motifs is 1. The summed E-state index contributed by atoms with van der Waals surface area (Å²) < 4.78 is 13.7. The fourth-order valence-electron chi connectivity index (χ4n) is 2.96. The Morgan fingerprint density at radius 1 is 1.37 bits per heavy atom. The van der Waals surface area contributed by atoms with Gasteiger partial charge in [-0.1, -0.05) is 19.9 Å². The van der Waals surface area contributed by atoms with Gasteiger partial charge >= 0.3 is 0 Å². The van der Waals surface area contributed by atoms with Gasteiger partial charge in [0, 0.05) is 5.41 Å². The second kappa shape index (κ2) is 4.60. The molecule has 1 unspecified atom stereocenters. The predicted octanol–water partition coefficient (Wildman–Crippen LogP) is 2.98. The summed E-state index contributed by atoms with van der Waals surface area (Å²) in [5, 5.41) is 3.44. The topological polar surface area (TPSA) is 40.7 Å². The van der Waals surface area contributed by atoms with Crippen LogP contribution in [0.4, 0.5) is 4.39 Å². The lowest BCUT2D eigenvalue weighted by atomic mass is 9.74. The van der Waals surface area contributed by atoms with Gasteiger partial charge in [0.25, 0.3) is 0 Å². The van der Waals surface area contributed by atoms with E-state index in [9.17, 15) is 4.39 Å². The zero-order valence-corrected chi connectivity index (χ0v) is 11.5. The van der Waals surface area contributed by atoms with Crippen molar-refractivity contribution in [3.8, 4) is 0 Å². The van der Waals surface area contributed by atoms with Gasteiger partial charge in [0.05, 0.1) is 5.52 Å². The minimum absolute atomic E-state index is 0.0706. The number of aromatic nitrogens is 2. The monoisotopic (exact) mass is 261 g/mol. The molecule has 0 radical (unpaired) electrons. The van der Waals surface area contributed by atoms with Crippen LogP contribution in [-0.2, 0) is 5.41 Å². The highest BCUT2D eigenvalue weighted by Gasteiger charge is 2.35. The molecule has 1 aliphatic rings. The Hall–Kier alpha value is -1.42. The lowest BCUT2D eigenvalue weighted by Crippen LogP contribution is -2.41. The number of H-pyrrole nitrogens is 1. The molecule has 1 aromatic heterocycles. The molecule has 1 aromatic carbocycles. The molecule has 0 saturated carbocycles. The van der Waals surface area contributed by atoms with Crippen LogP contribution in [0.2, 0.25) is 0 Å². The highest BCUT2D eigenvalue weighted by atomic mass is 19.1. The van der Waals surface area contributed by atoms with Gasteiger partial charge in [0.2, 0.25) is 0 Å². The second-order valence-corrected chi connectivity index (χ2v) is 5.99. The number of nitrogens with zero attached hydrogens (tertiary/aromatic N) is 1. The van der Waals surface area contributed by atoms with E-state index in [4.69, 9.17) is 0 Å². The van der Waals surface area contributed by atoms with E-state index in [-0.39, 0.29) is 11.2 Å². The van der Waals surface area contributed by atoms with Gasteiger partial charge < -0.3 is 10.3 Å². The Morgan fingerprint density at radius 3 is 2.89 bits per heavy atom. The van der Waals surface area contributed by atoms with Crippen molar-refractivity contribution >= 4 is 11.0 Å². The summed E-state index contributed by atoms with van der Waals surface area (Å²) in [7, 11) is 0. The third kappa shape index (κ3) is 2.14. The summed E-state index contributed by atoms with van der Waals surface area (Å²) in [5.41, 5.74) is 1.17. The highest BCUT2D eigenvalue weighted by Crippen LogP contribution is 2.35. The number of halogens is 1. The van der Waals surface area contributed by atoms with Crippen LogP contribution in [0.15, 0.2) is 18.2 Å². The van der Waals surface area contributed by atoms with Crippen LogP contribution >= 0.6 is 0 Å². The SMILES string of the molecule is CC(C)(c1nc2c(F)cccc2[nH]1)C1CCCNC1. The van der Waals surface area contributed by atoms with Gasteiger partial charge in [-0.3, -0.25) is 0 Å². The molecular weight excluding hydrogens is 241 g/mol. The molecule has 4 heteroatoms. The third-order valence-electron chi connectivity index (χ3n) is 4.39. The van der Waals surface area contributed by atoms with Crippen LogP contribution < -0.4 is 5.32 Å².